The molecule has 1 N–H and O–H groups in total. The van der Waals surface area contributed by atoms with Gasteiger partial charge in [-0.15, -0.1) is 0 Å². The van der Waals surface area contributed by atoms with E-state index in [0.29, 0.717) is 29.5 Å². The lowest BCUT2D eigenvalue weighted by Gasteiger charge is -2.49. The van der Waals surface area contributed by atoms with Gasteiger partial charge >= 0.3 is 5.97 Å². The van der Waals surface area contributed by atoms with Crippen molar-refractivity contribution in [2.75, 3.05) is 12.9 Å². The molecule has 4 rings (SSSR count). The van der Waals surface area contributed by atoms with Crippen molar-refractivity contribution in [1.82, 2.24) is 9.62 Å². The summed E-state index contributed by atoms with van der Waals surface area (Å²) in [6, 6.07) is 8.70. The van der Waals surface area contributed by atoms with Crippen molar-refractivity contribution in [3.63, 3.8) is 0 Å². The highest BCUT2D eigenvalue weighted by Gasteiger charge is 2.49. The maximum absolute atomic E-state index is 14.0. The topological polar surface area (TPSA) is 92.8 Å². The summed E-state index contributed by atoms with van der Waals surface area (Å²) in [6.07, 6.45) is 3.74. The largest absolute Gasteiger partial charge is 0.465 e. The Hall–Kier alpha value is -2.49. The monoisotopic (exact) mass is 522 g/mol. The molecule has 1 aliphatic carbocycles. The van der Waals surface area contributed by atoms with Crippen LogP contribution in [0.1, 0.15) is 66.1 Å². The number of ether oxygens (including phenoxy) is 1. The molecule has 35 heavy (non-hydrogen) atoms. The van der Waals surface area contributed by atoms with Crippen molar-refractivity contribution in [3.05, 3.63) is 70.0 Å². The predicted octanol–water partition coefficient (Wildman–Crippen LogP) is 4.18. The lowest BCUT2D eigenvalue weighted by molar-refractivity contribution is -0.147. The molecule has 2 aliphatic rings. The van der Waals surface area contributed by atoms with Crippen molar-refractivity contribution in [1.29, 1.82) is 0 Å². The number of halogens is 2. The fraction of sp³-hybridized carbons (Fsp3) is 0.440. The van der Waals surface area contributed by atoms with Gasteiger partial charge in [0, 0.05) is 22.7 Å². The summed E-state index contributed by atoms with van der Waals surface area (Å²) in [5.74, 6) is -2.34. The maximum atomic E-state index is 14.0. The molecule has 188 valence electrons. The Balaban J connectivity index is 1.94. The highest BCUT2D eigenvalue weighted by molar-refractivity contribution is 7.88. The van der Waals surface area contributed by atoms with Crippen molar-refractivity contribution in [3.8, 4) is 0 Å². The Morgan fingerprint density at radius 1 is 1.17 bits per heavy atom. The van der Waals surface area contributed by atoms with Crippen LogP contribution in [0.5, 0.6) is 0 Å². The number of rotatable bonds is 6. The van der Waals surface area contributed by atoms with Crippen LogP contribution in [-0.4, -0.2) is 50.1 Å². The van der Waals surface area contributed by atoms with Gasteiger partial charge in [-0.2, -0.15) is 0 Å². The number of benzene rings is 2. The molecule has 1 aliphatic heterocycles. The standard InChI is InChI=1S/C25H28ClFN2O5S/c1-3-34-25(31)22-16-8-4-5-9-17(16)24(30)29(23(22)18-13-12-15(27)14-19(18)26)21-11-7-6-10-20(21)28-35(2,32)33/h4-5,8-9,12-14,20-23,28H,3,6-7,10-11H2,1-2H3. The molecule has 1 amide bonds. The van der Waals surface area contributed by atoms with Gasteiger partial charge in [0.15, 0.2) is 0 Å². The zero-order chi connectivity index (χ0) is 25.3. The Morgan fingerprint density at radius 3 is 2.57 bits per heavy atom. The second kappa shape index (κ2) is 10.2. The van der Waals surface area contributed by atoms with E-state index in [0.717, 1.165) is 25.2 Å². The second-order valence-electron chi connectivity index (χ2n) is 8.99. The number of esters is 1. The first-order valence-corrected chi connectivity index (χ1v) is 13.9. The summed E-state index contributed by atoms with van der Waals surface area (Å²) in [7, 11) is -3.56. The first-order chi connectivity index (χ1) is 16.6. The average molecular weight is 523 g/mol. The molecule has 1 heterocycles. The summed E-state index contributed by atoms with van der Waals surface area (Å²) in [6.45, 7) is 1.83. The van der Waals surface area contributed by atoms with Gasteiger partial charge < -0.3 is 9.64 Å². The highest BCUT2D eigenvalue weighted by Crippen LogP contribution is 2.48. The number of nitrogens with one attached hydrogen (secondary N) is 1. The molecule has 0 aromatic heterocycles. The smallest absolute Gasteiger partial charge is 0.315 e. The summed E-state index contributed by atoms with van der Waals surface area (Å²) in [4.78, 5) is 28.9. The number of fused-ring (bicyclic) bond motifs is 1. The molecule has 1 fully saturated rings. The van der Waals surface area contributed by atoms with Crippen molar-refractivity contribution >= 4 is 33.5 Å². The van der Waals surface area contributed by atoms with E-state index < -0.39 is 45.9 Å². The maximum Gasteiger partial charge on any atom is 0.315 e. The van der Waals surface area contributed by atoms with Crippen LogP contribution < -0.4 is 4.72 Å². The van der Waals surface area contributed by atoms with Gasteiger partial charge in [-0.3, -0.25) is 9.59 Å². The number of nitrogens with zero attached hydrogens (tertiary/aromatic N) is 1. The van der Waals surface area contributed by atoms with E-state index in [1.54, 1.807) is 36.1 Å². The van der Waals surface area contributed by atoms with Crippen LogP contribution in [0.4, 0.5) is 4.39 Å². The van der Waals surface area contributed by atoms with E-state index in [4.69, 9.17) is 16.3 Å². The zero-order valence-electron chi connectivity index (χ0n) is 19.5. The zero-order valence-corrected chi connectivity index (χ0v) is 21.1. The first kappa shape index (κ1) is 25.6. The minimum atomic E-state index is -3.56. The Bertz CT molecular complexity index is 1240. The van der Waals surface area contributed by atoms with Gasteiger partial charge in [-0.1, -0.05) is 48.7 Å². The molecule has 2 aromatic carbocycles. The third kappa shape index (κ3) is 5.22. The van der Waals surface area contributed by atoms with Crippen LogP contribution in [0.2, 0.25) is 5.02 Å². The van der Waals surface area contributed by atoms with Crippen LogP contribution in [0.3, 0.4) is 0 Å². The molecule has 0 saturated heterocycles. The lowest BCUT2D eigenvalue weighted by atomic mass is 9.77. The molecule has 4 atom stereocenters. The van der Waals surface area contributed by atoms with Gasteiger partial charge in [-0.25, -0.2) is 17.5 Å². The number of carbonyl (C=O) groups excluding carboxylic acids is 2. The molecule has 0 spiro atoms. The predicted molar refractivity (Wildman–Crippen MR) is 130 cm³/mol. The lowest BCUT2D eigenvalue weighted by Crippen LogP contribution is -2.58. The van der Waals surface area contributed by atoms with E-state index in [2.05, 4.69) is 4.72 Å². The quantitative estimate of drug-likeness (QED) is 0.574. The third-order valence-corrected chi connectivity index (χ3v) is 7.71. The van der Waals surface area contributed by atoms with Crippen molar-refractivity contribution in [2.24, 2.45) is 0 Å². The van der Waals surface area contributed by atoms with Crippen molar-refractivity contribution < 1.29 is 27.1 Å². The van der Waals surface area contributed by atoms with E-state index in [1.807, 2.05) is 0 Å². The SMILES string of the molecule is CCOC(=O)C1c2ccccc2C(=O)N(C2CCCCC2NS(C)(=O)=O)C1c1ccc(F)cc1Cl. The summed E-state index contributed by atoms with van der Waals surface area (Å²) in [5.41, 5.74) is 1.25. The third-order valence-electron chi connectivity index (χ3n) is 6.65. The number of carbonyl (C=O) groups is 2. The molecular weight excluding hydrogens is 495 g/mol. The van der Waals surface area contributed by atoms with Crippen LogP contribution in [-0.2, 0) is 19.6 Å². The van der Waals surface area contributed by atoms with Gasteiger partial charge in [0.25, 0.3) is 5.91 Å². The summed E-state index contributed by atoms with van der Waals surface area (Å²) in [5, 5.41) is 0.0740. The molecule has 1 saturated carbocycles. The average Bonchev–Trinajstić information content (AvgIpc) is 2.79. The Morgan fingerprint density at radius 2 is 1.89 bits per heavy atom. The number of amides is 1. The Labute approximate surface area is 209 Å². The molecule has 0 radical (unpaired) electrons. The van der Waals surface area contributed by atoms with Crippen LogP contribution >= 0.6 is 11.6 Å². The molecule has 7 nitrogen and oxygen atoms in total. The van der Waals surface area contributed by atoms with E-state index >= 15 is 0 Å². The van der Waals surface area contributed by atoms with Crippen LogP contribution in [0, 0.1) is 5.82 Å². The molecule has 2 aromatic rings. The van der Waals surface area contributed by atoms with E-state index in [9.17, 15) is 22.4 Å². The molecule has 4 unspecified atom stereocenters. The van der Waals surface area contributed by atoms with Gasteiger partial charge in [0.1, 0.15) is 11.7 Å². The Kier molecular flexibility index (Phi) is 7.49. The van der Waals surface area contributed by atoms with Crippen LogP contribution in [0.15, 0.2) is 42.5 Å². The fourth-order valence-electron chi connectivity index (χ4n) is 5.33. The summed E-state index contributed by atoms with van der Waals surface area (Å²) < 4.78 is 46.4. The van der Waals surface area contributed by atoms with Crippen molar-refractivity contribution in [2.45, 2.75) is 56.7 Å². The number of sulfonamides is 1. The highest BCUT2D eigenvalue weighted by atomic mass is 35.5. The molecular formula is C25H28ClFN2O5S. The minimum Gasteiger partial charge on any atom is -0.465 e. The molecule has 10 heteroatoms. The van der Waals surface area contributed by atoms with E-state index in [-0.39, 0.29) is 17.5 Å². The fourth-order valence-corrected chi connectivity index (χ4v) is 6.44. The van der Waals surface area contributed by atoms with Gasteiger partial charge in [0.05, 0.1) is 18.9 Å². The van der Waals surface area contributed by atoms with Crippen LogP contribution in [0.25, 0.3) is 0 Å². The molecule has 0 bridgehead atoms. The van der Waals surface area contributed by atoms with Gasteiger partial charge in [-0.05, 0) is 49.1 Å². The summed E-state index contributed by atoms with van der Waals surface area (Å²) >= 11 is 6.49. The second-order valence-corrected chi connectivity index (χ2v) is 11.2. The minimum absolute atomic E-state index is 0.0740. The number of hydrogen-bond acceptors (Lipinski definition) is 5. The number of hydrogen-bond donors (Lipinski definition) is 1. The first-order valence-electron chi connectivity index (χ1n) is 11.6. The normalized spacial score (nSPS) is 24.7. The van der Waals surface area contributed by atoms with Gasteiger partial charge in [0.2, 0.25) is 10.0 Å². The van der Waals surface area contributed by atoms with E-state index in [1.165, 1.54) is 12.1 Å².